The van der Waals surface area contributed by atoms with Gasteiger partial charge in [-0.2, -0.15) is 4.99 Å². The Bertz CT molecular complexity index is 720. The number of carbonyl (C=O) groups excluding carboxylic acids is 1. The van der Waals surface area contributed by atoms with Crippen LogP contribution in [-0.2, 0) is 0 Å². The molecular formula is C20H23FN2OS. The molecule has 2 fully saturated rings. The van der Waals surface area contributed by atoms with Crippen molar-refractivity contribution in [2.75, 3.05) is 0 Å². The van der Waals surface area contributed by atoms with Crippen LogP contribution in [0.5, 0.6) is 0 Å². The summed E-state index contributed by atoms with van der Waals surface area (Å²) in [5, 5.41) is 0.615. The van der Waals surface area contributed by atoms with Gasteiger partial charge in [0, 0.05) is 21.9 Å². The van der Waals surface area contributed by atoms with Crippen LogP contribution in [0.4, 0.5) is 4.39 Å². The lowest BCUT2D eigenvalue weighted by Crippen LogP contribution is -2.46. The smallest absolute Gasteiger partial charge is 0.267 e. The van der Waals surface area contributed by atoms with Crippen LogP contribution < -0.4 is 0 Å². The van der Waals surface area contributed by atoms with Gasteiger partial charge >= 0.3 is 0 Å². The van der Waals surface area contributed by atoms with Gasteiger partial charge in [0.1, 0.15) is 5.82 Å². The fraction of sp³-hybridized carbons (Fsp3) is 0.550. The molecule has 1 spiro atoms. The fourth-order valence-corrected chi connectivity index (χ4v) is 6.03. The molecule has 1 heterocycles. The molecule has 1 aromatic carbocycles. The molecule has 0 N–H and O–H groups in total. The van der Waals surface area contributed by atoms with Crippen LogP contribution in [-0.4, -0.2) is 21.5 Å². The first kappa shape index (κ1) is 17.0. The highest BCUT2D eigenvalue weighted by atomic mass is 32.2. The Balaban J connectivity index is 1.64. The predicted octanol–water partition coefficient (Wildman–Crippen LogP) is 5.40. The number of nitrogens with zero attached hydrogens (tertiary/aromatic N) is 2. The van der Waals surface area contributed by atoms with E-state index in [1.54, 1.807) is 11.8 Å². The summed E-state index contributed by atoms with van der Waals surface area (Å²) in [6.45, 7) is 0. The fourth-order valence-electron chi connectivity index (χ4n) is 4.49. The minimum atomic E-state index is -0.345. The summed E-state index contributed by atoms with van der Waals surface area (Å²) in [5.41, 5.74) is 1.68. The molecule has 2 saturated carbocycles. The van der Waals surface area contributed by atoms with Gasteiger partial charge in [-0.25, -0.2) is 9.38 Å². The zero-order chi connectivity index (χ0) is 17.3. The Morgan fingerprint density at radius 2 is 1.88 bits per heavy atom. The first-order valence-electron chi connectivity index (χ1n) is 9.31. The molecule has 0 bridgehead atoms. The highest BCUT2D eigenvalue weighted by Gasteiger charge is 2.47. The largest absolute Gasteiger partial charge is 0.279 e. The molecule has 1 aliphatic heterocycles. The lowest BCUT2D eigenvalue weighted by molar-refractivity contribution is 0.100. The van der Waals surface area contributed by atoms with Crippen molar-refractivity contribution < 1.29 is 9.18 Å². The maximum absolute atomic E-state index is 13.1. The number of hydrogen-bond acceptors (Lipinski definition) is 2. The zero-order valence-electron chi connectivity index (χ0n) is 14.3. The van der Waals surface area contributed by atoms with Gasteiger partial charge in [-0.3, -0.25) is 4.79 Å². The van der Waals surface area contributed by atoms with Crippen molar-refractivity contribution in [3.05, 3.63) is 35.6 Å². The molecule has 132 valence electrons. The minimum Gasteiger partial charge on any atom is -0.267 e. The summed E-state index contributed by atoms with van der Waals surface area (Å²) >= 11 is 1.73. The van der Waals surface area contributed by atoms with E-state index in [2.05, 4.69) is 4.99 Å². The summed E-state index contributed by atoms with van der Waals surface area (Å²) in [6.07, 6.45) is 11.0. The van der Waals surface area contributed by atoms with E-state index in [9.17, 15) is 9.18 Å². The molecule has 25 heavy (non-hydrogen) atoms. The number of benzene rings is 1. The molecule has 1 atom stereocenters. The quantitative estimate of drug-likeness (QED) is 0.674. The lowest BCUT2D eigenvalue weighted by atomic mass is 9.71. The molecule has 1 aromatic rings. The zero-order valence-corrected chi connectivity index (χ0v) is 15.2. The summed E-state index contributed by atoms with van der Waals surface area (Å²) < 4.78 is 13.3. The van der Waals surface area contributed by atoms with E-state index in [0.717, 1.165) is 6.42 Å². The predicted molar refractivity (Wildman–Crippen MR) is 101 cm³/mol. The summed E-state index contributed by atoms with van der Waals surface area (Å²) in [5.74, 6) is -0.110. The Kier molecular flexibility index (Phi) is 4.76. The van der Waals surface area contributed by atoms with Crippen LogP contribution in [0.1, 0.15) is 68.1 Å². The number of halogens is 1. The van der Waals surface area contributed by atoms with Gasteiger partial charge in [0.2, 0.25) is 0 Å². The van der Waals surface area contributed by atoms with Crippen LogP contribution in [0.3, 0.4) is 0 Å². The number of amidine groups is 1. The Morgan fingerprint density at radius 1 is 1.12 bits per heavy atom. The van der Waals surface area contributed by atoms with E-state index in [-0.39, 0.29) is 16.5 Å². The Hall–Kier alpha value is -1.49. The van der Waals surface area contributed by atoms with Crippen molar-refractivity contribution in [2.45, 2.75) is 62.5 Å². The van der Waals surface area contributed by atoms with Crippen molar-refractivity contribution in [1.82, 2.24) is 0 Å². The SMILES string of the molecule is O=C(N=C1N=C2CCCCC2C2(CCCCC2)S1)c1ccc(F)cc1. The second kappa shape index (κ2) is 7.02. The van der Waals surface area contributed by atoms with Crippen molar-refractivity contribution in [1.29, 1.82) is 0 Å². The molecule has 1 amide bonds. The molecule has 4 rings (SSSR count). The molecule has 3 aliphatic rings. The average molecular weight is 358 g/mol. The number of aliphatic imine (C=N–C) groups is 2. The van der Waals surface area contributed by atoms with Gasteiger partial charge in [0.05, 0.1) is 0 Å². The third-order valence-electron chi connectivity index (χ3n) is 5.74. The summed E-state index contributed by atoms with van der Waals surface area (Å²) in [7, 11) is 0. The number of carbonyl (C=O) groups is 1. The molecule has 2 aliphatic carbocycles. The molecular weight excluding hydrogens is 335 g/mol. The molecule has 5 heteroatoms. The average Bonchev–Trinajstić information content (AvgIpc) is 2.63. The van der Waals surface area contributed by atoms with Crippen molar-refractivity contribution in [3.63, 3.8) is 0 Å². The van der Waals surface area contributed by atoms with Crippen LogP contribution in [0.15, 0.2) is 34.3 Å². The van der Waals surface area contributed by atoms with Crippen LogP contribution in [0, 0.1) is 11.7 Å². The molecule has 0 saturated heterocycles. The van der Waals surface area contributed by atoms with Crippen LogP contribution >= 0.6 is 11.8 Å². The van der Waals surface area contributed by atoms with Crippen molar-refractivity contribution in [3.8, 4) is 0 Å². The topological polar surface area (TPSA) is 41.8 Å². The number of hydrogen-bond donors (Lipinski definition) is 0. The van der Waals surface area contributed by atoms with Gasteiger partial charge in [-0.1, -0.05) is 37.4 Å². The normalized spacial score (nSPS) is 27.0. The van der Waals surface area contributed by atoms with E-state index in [4.69, 9.17) is 4.99 Å². The van der Waals surface area contributed by atoms with Crippen molar-refractivity contribution >= 4 is 28.5 Å². The van der Waals surface area contributed by atoms with E-state index >= 15 is 0 Å². The van der Waals surface area contributed by atoms with Gasteiger partial charge < -0.3 is 0 Å². The minimum absolute atomic E-state index is 0.192. The van der Waals surface area contributed by atoms with Gasteiger partial charge in [-0.15, -0.1) is 0 Å². The summed E-state index contributed by atoms with van der Waals surface area (Å²) in [6, 6.07) is 5.57. The Morgan fingerprint density at radius 3 is 2.64 bits per heavy atom. The van der Waals surface area contributed by atoms with E-state index in [1.165, 1.54) is 81.3 Å². The second-order valence-electron chi connectivity index (χ2n) is 7.34. The number of amides is 1. The van der Waals surface area contributed by atoms with Crippen LogP contribution in [0.25, 0.3) is 0 Å². The summed E-state index contributed by atoms with van der Waals surface area (Å²) in [4.78, 5) is 21.5. The maximum atomic E-state index is 13.1. The van der Waals surface area contributed by atoms with Gasteiger partial charge in [0.15, 0.2) is 5.17 Å². The van der Waals surface area contributed by atoms with Crippen LogP contribution in [0.2, 0.25) is 0 Å². The third-order valence-corrected chi connectivity index (χ3v) is 7.20. The first-order valence-corrected chi connectivity index (χ1v) is 10.1. The molecule has 1 unspecified atom stereocenters. The standard InChI is InChI=1S/C20H23FN2OS/c21-15-10-8-14(9-11-15)18(24)23-19-22-17-7-3-2-6-16(17)20(25-19)12-4-1-5-13-20/h8-11,16H,1-7,12-13H2. The number of fused-ring (bicyclic) bond motifs is 2. The maximum Gasteiger partial charge on any atom is 0.279 e. The van der Waals surface area contributed by atoms with Gasteiger partial charge in [0.25, 0.3) is 5.91 Å². The highest BCUT2D eigenvalue weighted by Crippen LogP contribution is 2.52. The van der Waals surface area contributed by atoms with E-state index in [1.807, 2.05) is 0 Å². The van der Waals surface area contributed by atoms with Gasteiger partial charge in [-0.05, 0) is 56.4 Å². The third kappa shape index (κ3) is 3.43. The first-order chi connectivity index (χ1) is 12.2. The monoisotopic (exact) mass is 358 g/mol. The van der Waals surface area contributed by atoms with E-state index < -0.39 is 0 Å². The number of thioether (sulfide) groups is 1. The lowest BCUT2D eigenvalue weighted by Gasteiger charge is -2.47. The molecule has 3 nitrogen and oxygen atoms in total. The second-order valence-corrected chi connectivity index (χ2v) is 8.72. The Labute approximate surface area is 152 Å². The number of rotatable bonds is 1. The van der Waals surface area contributed by atoms with E-state index in [0.29, 0.717) is 16.6 Å². The highest BCUT2D eigenvalue weighted by molar-refractivity contribution is 8.15. The van der Waals surface area contributed by atoms with Crippen molar-refractivity contribution in [2.24, 2.45) is 15.9 Å². The molecule has 0 radical (unpaired) electrons. The molecule has 0 aromatic heterocycles.